The topological polar surface area (TPSA) is 532 Å². The number of hydrogen-bond acceptors (Lipinski definition) is 24. The van der Waals surface area contributed by atoms with Gasteiger partial charge in [0.2, 0.25) is 0 Å². The summed E-state index contributed by atoms with van der Waals surface area (Å²) in [4.78, 5) is 122. The third kappa shape index (κ3) is 27.7. The lowest BCUT2D eigenvalue weighted by Gasteiger charge is -2.21. The first-order valence-electron chi connectivity index (χ1n) is 29.0. The minimum atomic E-state index is -1.32. The molecule has 6 unspecified atom stereocenters. The van der Waals surface area contributed by atoms with Crippen molar-refractivity contribution in [3.8, 4) is 0 Å². The maximum Gasteiger partial charge on any atom is 0.411 e. The van der Waals surface area contributed by atoms with E-state index in [1.807, 2.05) is 0 Å². The molecule has 3 aromatic rings. The van der Waals surface area contributed by atoms with E-state index in [9.17, 15) is 104 Å². The third-order valence-electron chi connectivity index (χ3n) is 13.5. The minimum Gasteiger partial charge on any atom is -0.449 e. The van der Waals surface area contributed by atoms with Crippen molar-refractivity contribution in [3.63, 3.8) is 0 Å². The van der Waals surface area contributed by atoms with Gasteiger partial charge in [-0.3, -0.25) is 44.7 Å². The lowest BCUT2D eigenvalue weighted by atomic mass is 9.93. The van der Waals surface area contributed by atoms with Gasteiger partial charge >= 0.3 is 18.3 Å². The maximum atomic E-state index is 13.6. The third-order valence-corrected chi connectivity index (χ3v) is 22.2. The van der Waals surface area contributed by atoms with Crippen LogP contribution in [0.25, 0.3) is 0 Å². The van der Waals surface area contributed by atoms with E-state index in [0.29, 0.717) is 19.3 Å². The van der Waals surface area contributed by atoms with E-state index in [0.717, 1.165) is 0 Å². The lowest BCUT2D eigenvalue weighted by molar-refractivity contribution is 0.0792. The first-order valence-corrected chi connectivity index (χ1v) is 37.6. The molecule has 0 heterocycles. The average molecular weight is 2270 g/mol. The Labute approximate surface area is 664 Å². The number of aliphatic hydroxyl groups is 12. The Bertz CT molecular complexity index is 2780. The van der Waals surface area contributed by atoms with Crippen LogP contribution in [0.15, 0.2) is 0 Å². The zero-order valence-corrected chi connectivity index (χ0v) is 68.4. The number of aliphatic hydroxyl groups excluding tert-OH is 12. The Morgan fingerprint density at radius 3 is 0.742 bits per heavy atom. The quantitative estimate of drug-likeness (QED) is 0.0218. The number of carbonyl (C=O) groups excluding carboxylic acids is 9. The SMILES string of the molecule is Cc1c(NC(=O)OCCCC(CCCOC(=O)Nc2c(I)c(C(=O)NCC(O)CO)c(I)c(C(=O)NCC(O)CO)c2I)CCCOC(=O)Nc2c(I)c(C(=O)NCC(O)CO)c(I)c(C(=O)NCC(O)CO)c2I)c(I)c(C(=O)NCC(O)CO)c(I)c1C(=O)NCC(O)CO. The van der Waals surface area contributed by atoms with Crippen molar-refractivity contribution in [2.75, 3.05) is 115 Å². The highest BCUT2D eigenvalue weighted by atomic mass is 127. The molecule has 542 valence electrons. The van der Waals surface area contributed by atoms with Crippen LogP contribution < -0.4 is 47.9 Å². The summed E-state index contributed by atoms with van der Waals surface area (Å²) in [5.74, 6) is -4.92. The van der Waals surface area contributed by atoms with Gasteiger partial charge in [0.1, 0.15) is 0 Å². The molecular weight excluding hydrogens is 2200 g/mol. The van der Waals surface area contributed by atoms with Crippen molar-refractivity contribution in [2.24, 2.45) is 5.92 Å². The van der Waals surface area contributed by atoms with Gasteiger partial charge in [-0.05, 0) is 238 Å². The van der Waals surface area contributed by atoms with E-state index in [1.165, 1.54) is 6.92 Å². The number of rotatable bonds is 39. The molecule has 33 nitrogen and oxygen atoms in total. The van der Waals surface area contributed by atoms with Crippen molar-refractivity contribution in [2.45, 2.75) is 82.1 Å². The Hall–Kier alpha value is -2.35. The van der Waals surface area contributed by atoms with E-state index in [2.05, 4.69) is 47.9 Å². The minimum absolute atomic E-state index is 0.000702. The summed E-state index contributed by atoms with van der Waals surface area (Å²) in [7, 11) is 0. The van der Waals surface area contributed by atoms with Crippen molar-refractivity contribution >= 4 is 252 Å². The van der Waals surface area contributed by atoms with Gasteiger partial charge in [-0.2, -0.15) is 0 Å². The van der Waals surface area contributed by atoms with Gasteiger partial charge in [0, 0.05) is 50.0 Å². The van der Waals surface area contributed by atoms with Crippen LogP contribution in [0.1, 0.15) is 106 Å². The summed E-state index contributed by atoms with van der Waals surface area (Å²) in [5, 5.41) is 138. The van der Waals surface area contributed by atoms with Crippen molar-refractivity contribution in [1.29, 1.82) is 0 Å². The number of amides is 9. The van der Waals surface area contributed by atoms with E-state index >= 15 is 0 Å². The largest absolute Gasteiger partial charge is 0.449 e. The highest BCUT2D eigenvalue weighted by molar-refractivity contribution is 14.1. The molecule has 3 aromatic carbocycles. The van der Waals surface area contributed by atoms with Crippen molar-refractivity contribution in [1.82, 2.24) is 31.9 Å². The molecule has 0 aromatic heterocycles. The standard InChI is InChI=1S/C56H73I8N9O24/c1-23-31(48(86)65-11-25(80)17-74)37(57)32(49(87)66-12-26(81)18-75)40(60)45(23)71-54(92)95-8-2-5-24(6-3-9-96-55(93)72-46-41(61)33(50(88)67-13-27(82)19-76)38(58)34(42(46)62)51(89)68-14-28(83)20-77)7-4-10-97-56(94)73-47-43(63)35(52(90)69-15-29(84)21-78)39(59)36(44(47)64)53(91)70-16-30(85)22-79/h24-30,74-85H,2-22H2,1H3,(H,65,86)(H,66,87)(H,67,88)(H,68,89)(H,69,90)(H,70,91)(H,71,92)(H,72,93)(H,73,94). The first-order chi connectivity index (χ1) is 45.8. The van der Waals surface area contributed by atoms with Crippen LogP contribution >= 0.6 is 181 Å². The number of carbonyl (C=O) groups is 9. The first kappa shape index (κ1) is 88.9. The fourth-order valence-electron chi connectivity index (χ4n) is 8.40. The second kappa shape index (κ2) is 45.7. The van der Waals surface area contributed by atoms with Crippen LogP contribution in [0.2, 0.25) is 0 Å². The molecule has 0 aliphatic heterocycles. The second-order valence-electron chi connectivity index (χ2n) is 20.9. The molecule has 21 N–H and O–H groups in total. The van der Waals surface area contributed by atoms with Crippen molar-refractivity contribution < 1.29 is 119 Å². The van der Waals surface area contributed by atoms with E-state index in [-0.39, 0.29) is 169 Å². The molecule has 97 heavy (non-hydrogen) atoms. The van der Waals surface area contributed by atoms with Gasteiger partial charge in [-0.25, -0.2) is 14.4 Å². The molecule has 0 aliphatic rings. The van der Waals surface area contributed by atoms with Crippen LogP contribution in [0, 0.1) is 41.4 Å². The normalized spacial score (nSPS) is 13.3. The van der Waals surface area contributed by atoms with E-state index in [4.69, 9.17) is 14.2 Å². The highest BCUT2D eigenvalue weighted by Gasteiger charge is 2.33. The predicted octanol–water partition coefficient (Wildman–Crippen LogP) is 1.33. The lowest BCUT2D eigenvalue weighted by Crippen LogP contribution is -2.37. The molecule has 9 amide bonds. The fraction of sp³-hybridized carbons (Fsp3) is 0.518. The van der Waals surface area contributed by atoms with Gasteiger partial charge < -0.3 is 107 Å². The molecule has 0 aliphatic carbocycles. The molecule has 6 atom stereocenters. The molecule has 0 fully saturated rings. The molecule has 0 spiro atoms. The summed E-state index contributed by atoms with van der Waals surface area (Å²) in [5.41, 5.74) is -0.343. The average Bonchev–Trinajstić information content (AvgIpc) is 0.785. The van der Waals surface area contributed by atoms with Crippen molar-refractivity contribution in [3.05, 3.63) is 67.5 Å². The molecular formula is C56H73I8N9O24. The Morgan fingerprint density at radius 2 is 0.515 bits per heavy atom. The molecule has 0 radical (unpaired) electrons. The zero-order valence-electron chi connectivity index (χ0n) is 51.2. The molecule has 3 rings (SSSR count). The number of ether oxygens (including phenoxy) is 3. The number of nitrogens with one attached hydrogen (secondary N) is 9. The van der Waals surface area contributed by atoms with Gasteiger partial charge in [-0.15, -0.1) is 0 Å². The summed E-state index contributed by atoms with van der Waals surface area (Å²) in [6, 6.07) is 0. The van der Waals surface area contributed by atoms with E-state index < -0.39 is 130 Å². The summed E-state index contributed by atoms with van der Waals surface area (Å²) < 4.78 is 17.9. The molecule has 0 bridgehead atoms. The maximum absolute atomic E-state index is 13.6. The summed E-state index contributed by atoms with van der Waals surface area (Å²) in [6.45, 7) is -5.38. The van der Waals surface area contributed by atoms with E-state index in [1.54, 1.807) is 181 Å². The van der Waals surface area contributed by atoms with Gasteiger partial charge in [0.15, 0.2) is 0 Å². The van der Waals surface area contributed by atoms with Crippen LogP contribution in [-0.2, 0) is 14.2 Å². The number of halogens is 8. The number of benzene rings is 3. The summed E-state index contributed by atoms with van der Waals surface area (Å²) in [6.07, 6.45) is -9.28. The molecule has 41 heteroatoms. The fourth-order valence-corrected chi connectivity index (χ4v) is 20.0. The van der Waals surface area contributed by atoms with Crippen LogP contribution in [-0.4, -0.2) is 250 Å². The highest BCUT2D eigenvalue weighted by Crippen LogP contribution is 2.39. The predicted molar refractivity (Wildman–Crippen MR) is 414 cm³/mol. The van der Waals surface area contributed by atoms with Gasteiger partial charge in [0.25, 0.3) is 35.4 Å². The Morgan fingerprint density at radius 1 is 0.320 bits per heavy atom. The summed E-state index contributed by atoms with van der Waals surface area (Å²) >= 11 is 14.3. The molecule has 0 saturated carbocycles. The Balaban J connectivity index is 1.94. The second-order valence-corrected chi connectivity index (χ2v) is 29.5. The van der Waals surface area contributed by atoms with Crippen LogP contribution in [0.3, 0.4) is 0 Å². The van der Waals surface area contributed by atoms with Gasteiger partial charge in [-0.1, -0.05) is 0 Å². The Kier molecular flexibility index (Phi) is 41.9. The zero-order chi connectivity index (χ0) is 73.0. The van der Waals surface area contributed by atoms with Gasteiger partial charge in [0.05, 0.1) is 164 Å². The van der Waals surface area contributed by atoms with Crippen LogP contribution in [0.4, 0.5) is 31.4 Å². The smallest absolute Gasteiger partial charge is 0.411 e. The number of anilines is 3. The number of hydrogen-bond donors (Lipinski definition) is 21. The molecule has 0 saturated heterocycles. The van der Waals surface area contributed by atoms with Crippen LogP contribution in [0.5, 0.6) is 0 Å². The monoisotopic (exact) mass is 2270 g/mol.